The molecule has 2 heterocycles. The van der Waals surface area contributed by atoms with E-state index < -0.39 is 10.0 Å². The number of rotatable bonds is 3. The standard InChI is InChI=1S/C11H18N2O2S/c1-9(2)16(14,15)13-8-4-6-11(13)10-5-3-7-12-10/h3,5,7,9,11-12H,4,6,8H2,1-2H3. The molecule has 1 saturated heterocycles. The molecule has 0 bridgehead atoms. The number of aromatic nitrogens is 1. The molecule has 0 aliphatic carbocycles. The van der Waals surface area contributed by atoms with E-state index in [2.05, 4.69) is 4.98 Å². The molecule has 1 aromatic heterocycles. The molecule has 1 atom stereocenters. The van der Waals surface area contributed by atoms with Crippen molar-refractivity contribution in [1.29, 1.82) is 0 Å². The maximum Gasteiger partial charge on any atom is 0.217 e. The summed E-state index contributed by atoms with van der Waals surface area (Å²) >= 11 is 0. The Hall–Kier alpha value is -0.810. The third-order valence-corrected chi connectivity index (χ3v) is 5.39. The van der Waals surface area contributed by atoms with Gasteiger partial charge in [-0.3, -0.25) is 0 Å². The fourth-order valence-corrected chi connectivity index (χ4v) is 3.68. The van der Waals surface area contributed by atoms with Gasteiger partial charge in [0.15, 0.2) is 0 Å². The second kappa shape index (κ2) is 4.22. The van der Waals surface area contributed by atoms with Crippen LogP contribution in [0.2, 0.25) is 0 Å². The summed E-state index contributed by atoms with van der Waals surface area (Å²) in [4.78, 5) is 3.11. The first-order valence-electron chi connectivity index (χ1n) is 5.67. The van der Waals surface area contributed by atoms with Crippen LogP contribution in [0, 0.1) is 0 Å². The molecule has 0 radical (unpaired) electrons. The molecular formula is C11H18N2O2S. The highest BCUT2D eigenvalue weighted by molar-refractivity contribution is 7.89. The minimum atomic E-state index is -3.14. The minimum absolute atomic E-state index is 0.00222. The molecule has 0 saturated carbocycles. The van der Waals surface area contributed by atoms with Crippen molar-refractivity contribution in [3.63, 3.8) is 0 Å². The normalized spacial score (nSPS) is 23.1. The van der Waals surface area contributed by atoms with Gasteiger partial charge in [0.2, 0.25) is 10.0 Å². The van der Waals surface area contributed by atoms with E-state index in [9.17, 15) is 8.42 Å². The van der Waals surface area contributed by atoms with Gasteiger partial charge in [-0.2, -0.15) is 4.31 Å². The third kappa shape index (κ3) is 1.89. The van der Waals surface area contributed by atoms with Crippen molar-refractivity contribution in [2.24, 2.45) is 0 Å². The van der Waals surface area contributed by atoms with Crippen molar-refractivity contribution < 1.29 is 8.42 Å². The molecule has 1 N–H and O–H groups in total. The molecule has 1 aliphatic heterocycles. The summed E-state index contributed by atoms with van der Waals surface area (Å²) in [5.74, 6) is 0. The summed E-state index contributed by atoms with van der Waals surface area (Å²) in [5.41, 5.74) is 1.00. The van der Waals surface area contributed by atoms with Crippen LogP contribution in [0.15, 0.2) is 18.3 Å². The molecular weight excluding hydrogens is 224 g/mol. The first-order chi connectivity index (χ1) is 7.53. The van der Waals surface area contributed by atoms with Crippen molar-refractivity contribution in [3.05, 3.63) is 24.0 Å². The molecule has 0 aromatic carbocycles. The maximum atomic E-state index is 12.2. The molecule has 5 heteroatoms. The topological polar surface area (TPSA) is 53.2 Å². The summed E-state index contributed by atoms with van der Waals surface area (Å²) < 4.78 is 25.9. The first-order valence-corrected chi connectivity index (χ1v) is 7.17. The summed E-state index contributed by atoms with van der Waals surface area (Å²) in [6, 6.07) is 3.87. The van der Waals surface area contributed by atoms with Crippen LogP contribution in [-0.4, -0.2) is 29.5 Å². The lowest BCUT2D eigenvalue weighted by molar-refractivity contribution is 0.387. The fourth-order valence-electron chi connectivity index (χ4n) is 2.18. The highest BCUT2D eigenvalue weighted by atomic mass is 32.2. The maximum absolute atomic E-state index is 12.2. The van der Waals surface area contributed by atoms with Gasteiger partial charge in [-0.1, -0.05) is 0 Å². The summed E-state index contributed by atoms with van der Waals surface area (Å²) in [6.45, 7) is 4.11. The van der Waals surface area contributed by atoms with Crippen molar-refractivity contribution in [2.45, 2.75) is 38.0 Å². The van der Waals surface area contributed by atoms with Crippen LogP contribution in [-0.2, 0) is 10.0 Å². The average molecular weight is 242 g/mol. The van der Waals surface area contributed by atoms with E-state index in [1.54, 1.807) is 18.2 Å². The lowest BCUT2D eigenvalue weighted by atomic mass is 10.2. The van der Waals surface area contributed by atoms with E-state index in [1.165, 1.54) is 0 Å². The molecule has 1 unspecified atom stereocenters. The van der Waals surface area contributed by atoms with Gasteiger partial charge >= 0.3 is 0 Å². The number of sulfonamides is 1. The lowest BCUT2D eigenvalue weighted by Gasteiger charge is -2.25. The summed E-state index contributed by atoms with van der Waals surface area (Å²) in [6.07, 6.45) is 3.69. The quantitative estimate of drug-likeness (QED) is 0.880. The zero-order valence-electron chi connectivity index (χ0n) is 9.68. The lowest BCUT2D eigenvalue weighted by Crippen LogP contribution is -2.35. The Bertz CT molecular complexity index is 437. The van der Waals surface area contributed by atoms with E-state index in [4.69, 9.17) is 0 Å². The van der Waals surface area contributed by atoms with Crippen LogP contribution in [0.4, 0.5) is 0 Å². The van der Waals surface area contributed by atoms with Gasteiger partial charge in [-0.25, -0.2) is 8.42 Å². The molecule has 1 aromatic rings. The van der Waals surface area contributed by atoms with Gasteiger partial charge < -0.3 is 4.98 Å². The summed E-state index contributed by atoms with van der Waals surface area (Å²) in [7, 11) is -3.14. The average Bonchev–Trinajstić information content (AvgIpc) is 2.88. The van der Waals surface area contributed by atoms with Crippen LogP contribution in [0.1, 0.15) is 38.4 Å². The van der Waals surface area contributed by atoms with Gasteiger partial charge in [-0.15, -0.1) is 0 Å². The predicted octanol–water partition coefficient (Wildman–Crippen LogP) is 1.89. The van der Waals surface area contributed by atoms with Crippen molar-refractivity contribution in [2.75, 3.05) is 6.54 Å². The van der Waals surface area contributed by atoms with Gasteiger partial charge in [0.05, 0.1) is 11.3 Å². The molecule has 1 fully saturated rings. The van der Waals surface area contributed by atoms with Crippen LogP contribution in [0.5, 0.6) is 0 Å². The number of H-pyrrole nitrogens is 1. The minimum Gasteiger partial charge on any atom is -0.364 e. The monoisotopic (exact) mass is 242 g/mol. The SMILES string of the molecule is CC(C)S(=O)(=O)N1CCCC1c1ccc[nH]1. The Morgan fingerprint density at radius 3 is 2.81 bits per heavy atom. The van der Waals surface area contributed by atoms with Crippen LogP contribution in [0.25, 0.3) is 0 Å². The number of nitrogens with zero attached hydrogens (tertiary/aromatic N) is 1. The van der Waals surface area contributed by atoms with E-state index >= 15 is 0 Å². The van der Waals surface area contributed by atoms with Crippen molar-refractivity contribution in [1.82, 2.24) is 9.29 Å². The molecule has 0 spiro atoms. The van der Waals surface area contributed by atoms with Gasteiger partial charge in [0.25, 0.3) is 0 Å². The Morgan fingerprint density at radius 1 is 1.50 bits per heavy atom. The predicted molar refractivity (Wildman–Crippen MR) is 63.5 cm³/mol. The molecule has 1 aliphatic rings. The smallest absolute Gasteiger partial charge is 0.217 e. The van der Waals surface area contributed by atoms with E-state index in [1.807, 2.05) is 18.3 Å². The Morgan fingerprint density at radius 2 is 2.25 bits per heavy atom. The zero-order chi connectivity index (χ0) is 11.8. The zero-order valence-corrected chi connectivity index (χ0v) is 10.5. The third-order valence-electron chi connectivity index (χ3n) is 3.11. The number of hydrogen-bond acceptors (Lipinski definition) is 2. The van der Waals surface area contributed by atoms with Crippen LogP contribution in [0.3, 0.4) is 0 Å². The van der Waals surface area contributed by atoms with Crippen LogP contribution < -0.4 is 0 Å². The second-order valence-corrected chi connectivity index (χ2v) is 6.93. The van der Waals surface area contributed by atoms with E-state index in [-0.39, 0.29) is 11.3 Å². The van der Waals surface area contributed by atoms with Crippen LogP contribution >= 0.6 is 0 Å². The Kier molecular flexibility index (Phi) is 3.08. The van der Waals surface area contributed by atoms with E-state index in [0.29, 0.717) is 6.54 Å². The number of hydrogen-bond donors (Lipinski definition) is 1. The highest BCUT2D eigenvalue weighted by Crippen LogP contribution is 2.34. The molecule has 2 rings (SSSR count). The van der Waals surface area contributed by atoms with Gasteiger partial charge in [0.1, 0.15) is 0 Å². The fraction of sp³-hybridized carbons (Fsp3) is 0.636. The van der Waals surface area contributed by atoms with Crippen molar-refractivity contribution in [3.8, 4) is 0 Å². The Labute approximate surface area is 96.7 Å². The largest absolute Gasteiger partial charge is 0.364 e. The molecule has 16 heavy (non-hydrogen) atoms. The Balaban J connectivity index is 2.29. The number of aromatic amines is 1. The summed E-state index contributed by atoms with van der Waals surface area (Å²) in [5, 5.41) is -0.344. The van der Waals surface area contributed by atoms with E-state index in [0.717, 1.165) is 18.5 Å². The second-order valence-electron chi connectivity index (χ2n) is 4.49. The van der Waals surface area contributed by atoms with Gasteiger partial charge in [-0.05, 0) is 38.8 Å². The highest BCUT2D eigenvalue weighted by Gasteiger charge is 2.36. The van der Waals surface area contributed by atoms with Crippen molar-refractivity contribution >= 4 is 10.0 Å². The molecule has 0 amide bonds. The van der Waals surface area contributed by atoms with Gasteiger partial charge in [0, 0.05) is 18.4 Å². The molecule has 4 nitrogen and oxygen atoms in total. The first kappa shape index (κ1) is 11.7. The molecule has 90 valence electrons. The number of nitrogens with one attached hydrogen (secondary N) is 1.